The molecule has 0 bridgehead atoms. The van der Waals surface area contributed by atoms with Gasteiger partial charge in [-0.25, -0.2) is 4.98 Å². The molecule has 1 aliphatic rings. The van der Waals surface area contributed by atoms with Crippen molar-refractivity contribution in [2.75, 3.05) is 19.6 Å². The van der Waals surface area contributed by atoms with Gasteiger partial charge in [0, 0.05) is 19.4 Å². The Kier molecular flexibility index (Phi) is 3.14. The van der Waals surface area contributed by atoms with E-state index in [2.05, 4.69) is 27.0 Å². The van der Waals surface area contributed by atoms with E-state index in [4.69, 9.17) is 0 Å². The molecule has 1 fully saturated rings. The van der Waals surface area contributed by atoms with Gasteiger partial charge in [-0.3, -0.25) is 5.10 Å². The van der Waals surface area contributed by atoms with Crippen LogP contribution in [-0.4, -0.2) is 39.7 Å². The van der Waals surface area contributed by atoms with Crippen LogP contribution in [0.5, 0.6) is 0 Å². The van der Waals surface area contributed by atoms with Crippen molar-refractivity contribution < 1.29 is 0 Å². The first-order valence-electron chi connectivity index (χ1n) is 5.51. The second kappa shape index (κ2) is 4.55. The highest BCUT2D eigenvalue weighted by Crippen LogP contribution is 2.07. The molecule has 2 rings (SSSR count). The van der Waals surface area contributed by atoms with Crippen molar-refractivity contribution in [2.24, 2.45) is 0 Å². The van der Waals surface area contributed by atoms with Crippen LogP contribution in [0.25, 0.3) is 0 Å². The van der Waals surface area contributed by atoms with Crippen molar-refractivity contribution in [3.8, 4) is 0 Å². The molecule has 1 aromatic heterocycles. The number of H-pyrrole nitrogens is 1. The van der Waals surface area contributed by atoms with Crippen molar-refractivity contribution in [1.29, 1.82) is 0 Å². The average Bonchev–Trinajstić information content (AvgIpc) is 2.86. The van der Waals surface area contributed by atoms with Crippen LogP contribution in [0.2, 0.25) is 0 Å². The third-order valence-corrected chi connectivity index (χ3v) is 2.76. The summed E-state index contributed by atoms with van der Waals surface area (Å²) in [5.74, 6) is 1.97. The zero-order valence-corrected chi connectivity index (χ0v) is 8.79. The molecule has 0 saturated carbocycles. The Labute approximate surface area is 84.7 Å². The minimum Gasteiger partial charge on any atom is -0.303 e. The summed E-state index contributed by atoms with van der Waals surface area (Å²) in [7, 11) is 0. The highest BCUT2D eigenvalue weighted by Gasteiger charge is 2.11. The number of rotatable bonds is 4. The molecule has 4 heteroatoms. The smallest absolute Gasteiger partial charge is 0.150 e. The van der Waals surface area contributed by atoms with Crippen molar-refractivity contribution in [3.05, 3.63) is 11.6 Å². The summed E-state index contributed by atoms with van der Waals surface area (Å²) in [4.78, 5) is 6.89. The molecule has 0 aliphatic carbocycles. The summed E-state index contributed by atoms with van der Waals surface area (Å²) in [5.41, 5.74) is 0. The van der Waals surface area contributed by atoms with Gasteiger partial charge in [0.05, 0.1) is 0 Å². The van der Waals surface area contributed by atoms with Crippen LogP contribution in [0.4, 0.5) is 0 Å². The lowest BCUT2D eigenvalue weighted by molar-refractivity contribution is 0.341. The molecule has 1 aliphatic heterocycles. The van der Waals surface area contributed by atoms with Gasteiger partial charge in [-0.05, 0) is 25.9 Å². The molecule has 0 aromatic carbocycles. The molecule has 1 saturated heterocycles. The molecular formula is C10H18N4. The lowest BCUT2D eigenvalue weighted by Gasteiger charge is -2.12. The Hall–Kier alpha value is -0.900. The zero-order valence-electron chi connectivity index (χ0n) is 8.79. The number of hydrogen-bond acceptors (Lipinski definition) is 3. The molecule has 0 atom stereocenters. The second-order valence-corrected chi connectivity index (χ2v) is 3.85. The van der Waals surface area contributed by atoms with E-state index in [9.17, 15) is 0 Å². The summed E-state index contributed by atoms with van der Waals surface area (Å²) in [6.07, 6.45) is 4.64. The van der Waals surface area contributed by atoms with Crippen molar-refractivity contribution in [2.45, 2.75) is 32.6 Å². The van der Waals surface area contributed by atoms with Gasteiger partial charge in [0.1, 0.15) is 11.6 Å². The summed E-state index contributed by atoms with van der Waals surface area (Å²) >= 11 is 0. The lowest BCUT2D eigenvalue weighted by Crippen LogP contribution is -2.22. The molecule has 0 unspecified atom stereocenters. The summed E-state index contributed by atoms with van der Waals surface area (Å²) in [6, 6.07) is 0. The van der Waals surface area contributed by atoms with Gasteiger partial charge < -0.3 is 4.90 Å². The number of aromatic nitrogens is 3. The summed E-state index contributed by atoms with van der Waals surface area (Å²) < 4.78 is 0. The molecule has 78 valence electrons. The highest BCUT2D eigenvalue weighted by atomic mass is 15.2. The van der Waals surface area contributed by atoms with Gasteiger partial charge in [0.2, 0.25) is 0 Å². The molecule has 0 radical (unpaired) electrons. The minimum absolute atomic E-state index is 0.917. The molecule has 1 N–H and O–H groups in total. The minimum atomic E-state index is 0.917. The maximum atomic E-state index is 4.40. The first-order valence-corrected chi connectivity index (χ1v) is 5.51. The Balaban J connectivity index is 1.79. The van der Waals surface area contributed by atoms with Gasteiger partial charge >= 0.3 is 0 Å². The number of nitrogens with one attached hydrogen (secondary N) is 1. The monoisotopic (exact) mass is 194 g/mol. The fraction of sp³-hybridized carbons (Fsp3) is 0.800. The van der Waals surface area contributed by atoms with Gasteiger partial charge in [-0.15, -0.1) is 0 Å². The van der Waals surface area contributed by atoms with Crippen LogP contribution in [0, 0.1) is 0 Å². The SMILES string of the molecule is CCc1n[nH]c(CCN2CCCC2)n1. The van der Waals surface area contributed by atoms with Crippen molar-refractivity contribution >= 4 is 0 Å². The summed E-state index contributed by atoms with van der Waals surface area (Å²) in [5, 5.41) is 7.12. The van der Waals surface area contributed by atoms with E-state index >= 15 is 0 Å². The normalized spacial score (nSPS) is 17.8. The van der Waals surface area contributed by atoms with E-state index in [0.29, 0.717) is 0 Å². The Morgan fingerprint density at radius 2 is 2.14 bits per heavy atom. The van der Waals surface area contributed by atoms with Gasteiger partial charge in [0.25, 0.3) is 0 Å². The number of aromatic amines is 1. The van der Waals surface area contributed by atoms with Gasteiger partial charge in [-0.1, -0.05) is 6.92 Å². The third kappa shape index (κ3) is 2.32. The van der Waals surface area contributed by atoms with E-state index in [-0.39, 0.29) is 0 Å². The Morgan fingerprint density at radius 1 is 1.36 bits per heavy atom. The van der Waals surface area contributed by atoms with Crippen molar-refractivity contribution in [3.63, 3.8) is 0 Å². The van der Waals surface area contributed by atoms with Crippen LogP contribution in [-0.2, 0) is 12.8 Å². The van der Waals surface area contributed by atoms with Gasteiger partial charge in [0.15, 0.2) is 0 Å². The number of nitrogens with zero attached hydrogens (tertiary/aromatic N) is 3. The van der Waals surface area contributed by atoms with E-state index in [1.807, 2.05) is 0 Å². The van der Waals surface area contributed by atoms with Crippen LogP contribution in [0.1, 0.15) is 31.4 Å². The van der Waals surface area contributed by atoms with Gasteiger partial charge in [-0.2, -0.15) is 5.10 Å². The predicted octanol–water partition coefficient (Wildman–Crippen LogP) is 1.01. The number of aryl methyl sites for hydroxylation is 1. The molecule has 2 heterocycles. The van der Waals surface area contributed by atoms with Crippen molar-refractivity contribution in [1.82, 2.24) is 20.1 Å². The molecular weight excluding hydrogens is 176 g/mol. The van der Waals surface area contributed by atoms with E-state index in [0.717, 1.165) is 31.0 Å². The molecule has 0 amide bonds. The molecule has 1 aromatic rings. The highest BCUT2D eigenvalue weighted by molar-refractivity contribution is 4.90. The van der Waals surface area contributed by atoms with Crippen LogP contribution < -0.4 is 0 Å². The average molecular weight is 194 g/mol. The fourth-order valence-electron chi connectivity index (χ4n) is 1.88. The standard InChI is InChI=1S/C10H18N4/c1-2-9-11-10(13-12-9)5-8-14-6-3-4-7-14/h2-8H2,1H3,(H,11,12,13). The first-order chi connectivity index (χ1) is 6.88. The van der Waals surface area contributed by atoms with E-state index in [1.165, 1.54) is 25.9 Å². The molecule has 14 heavy (non-hydrogen) atoms. The largest absolute Gasteiger partial charge is 0.303 e. The van der Waals surface area contributed by atoms with E-state index in [1.54, 1.807) is 0 Å². The Bertz CT molecular complexity index is 275. The van der Waals surface area contributed by atoms with Crippen LogP contribution >= 0.6 is 0 Å². The van der Waals surface area contributed by atoms with E-state index < -0.39 is 0 Å². The molecule has 4 nitrogen and oxygen atoms in total. The third-order valence-electron chi connectivity index (χ3n) is 2.76. The Morgan fingerprint density at radius 3 is 2.79 bits per heavy atom. The fourth-order valence-corrected chi connectivity index (χ4v) is 1.88. The van der Waals surface area contributed by atoms with Crippen LogP contribution in [0.15, 0.2) is 0 Å². The maximum absolute atomic E-state index is 4.40. The maximum Gasteiger partial charge on any atom is 0.150 e. The topological polar surface area (TPSA) is 44.8 Å². The number of hydrogen-bond donors (Lipinski definition) is 1. The first kappa shape index (κ1) is 9.65. The molecule has 0 spiro atoms. The second-order valence-electron chi connectivity index (χ2n) is 3.85. The number of likely N-dealkylation sites (tertiary alicyclic amines) is 1. The quantitative estimate of drug-likeness (QED) is 0.778. The lowest BCUT2D eigenvalue weighted by atomic mass is 10.4. The predicted molar refractivity (Wildman–Crippen MR) is 55.1 cm³/mol. The zero-order chi connectivity index (χ0) is 9.80. The summed E-state index contributed by atoms with van der Waals surface area (Å²) in [6.45, 7) is 5.72. The van der Waals surface area contributed by atoms with Crippen LogP contribution in [0.3, 0.4) is 0 Å².